The number of amides is 2. The minimum absolute atomic E-state index is 0.211. The molecule has 0 aliphatic heterocycles. The van der Waals surface area contributed by atoms with E-state index >= 15 is 0 Å². The third-order valence-corrected chi connectivity index (χ3v) is 6.32. The largest absolute Gasteiger partial charge is 0.444 e. The van der Waals surface area contributed by atoms with Crippen molar-refractivity contribution in [2.45, 2.75) is 45.4 Å². The molecule has 0 aromatic heterocycles. The van der Waals surface area contributed by atoms with Crippen LogP contribution in [0.3, 0.4) is 0 Å². The number of halogens is 2. The number of hydrogen-bond acceptors (Lipinski definition) is 4. The Hall–Kier alpha value is -3.09. The van der Waals surface area contributed by atoms with E-state index in [1.54, 1.807) is 46.0 Å². The van der Waals surface area contributed by atoms with E-state index in [1.165, 1.54) is 9.80 Å². The number of carbonyl (C=O) groups excluding carboxylic acids is 3. The Morgan fingerprint density at radius 2 is 1.61 bits per heavy atom. The Morgan fingerprint density at radius 3 is 2.25 bits per heavy atom. The van der Waals surface area contributed by atoms with Crippen LogP contribution in [0.1, 0.15) is 31.9 Å². The molecule has 0 aliphatic carbocycles. The summed E-state index contributed by atoms with van der Waals surface area (Å²) in [6.45, 7) is 5.17. The number of aldehydes is 1. The van der Waals surface area contributed by atoms with Crippen molar-refractivity contribution in [1.82, 2.24) is 9.80 Å². The van der Waals surface area contributed by atoms with Gasteiger partial charge in [-0.1, -0.05) is 71.7 Å². The number of nitrogens with zero attached hydrogens (tertiary/aromatic N) is 2. The van der Waals surface area contributed by atoms with Crippen molar-refractivity contribution in [2.75, 3.05) is 13.6 Å². The molecule has 2 amide bonds. The molecule has 1 atom stereocenters. The van der Waals surface area contributed by atoms with Gasteiger partial charge in [0.2, 0.25) is 5.91 Å². The number of hydrogen-bond donors (Lipinski definition) is 0. The van der Waals surface area contributed by atoms with E-state index in [0.717, 1.165) is 21.9 Å². The number of ether oxygens (including phenoxy) is 1. The Bertz CT molecular complexity index is 1260. The summed E-state index contributed by atoms with van der Waals surface area (Å²) in [5.74, 6) is -0.332. The SMILES string of the molecule is CN(Cc1ccc(Cl)c(Cl)c1)C(=O)[C@H](Cc1ccc2ccccc2c1)N(CC=O)C(=O)OC(C)(C)C. The molecule has 0 N–H and O–H groups in total. The van der Waals surface area contributed by atoms with Gasteiger partial charge < -0.3 is 14.4 Å². The summed E-state index contributed by atoms with van der Waals surface area (Å²) in [5.41, 5.74) is 0.846. The Kier molecular flexibility index (Phi) is 8.98. The lowest BCUT2D eigenvalue weighted by atomic mass is 10.00. The summed E-state index contributed by atoms with van der Waals surface area (Å²) in [5, 5.41) is 2.90. The van der Waals surface area contributed by atoms with Crippen molar-refractivity contribution in [1.29, 1.82) is 0 Å². The van der Waals surface area contributed by atoms with Gasteiger partial charge in [-0.05, 0) is 54.8 Å². The van der Waals surface area contributed by atoms with Crippen LogP contribution < -0.4 is 0 Å². The average Bonchev–Trinajstić information content (AvgIpc) is 2.82. The Labute approximate surface area is 221 Å². The number of rotatable bonds is 8. The monoisotopic (exact) mass is 528 g/mol. The molecule has 3 aromatic rings. The first-order valence-electron chi connectivity index (χ1n) is 11.6. The molecule has 0 saturated carbocycles. The smallest absolute Gasteiger partial charge is 0.411 e. The zero-order valence-corrected chi connectivity index (χ0v) is 22.3. The molecule has 6 nitrogen and oxygen atoms in total. The predicted octanol–water partition coefficient (Wildman–Crippen LogP) is 6.15. The van der Waals surface area contributed by atoms with Crippen molar-refractivity contribution in [3.8, 4) is 0 Å². The minimum atomic E-state index is -0.959. The molecule has 0 fully saturated rings. The van der Waals surface area contributed by atoms with Crippen molar-refractivity contribution < 1.29 is 19.1 Å². The lowest BCUT2D eigenvalue weighted by molar-refractivity contribution is -0.136. The van der Waals surface area contributed by atoms with Gasteiger partial charge >= 0.3 is 6.09 Å². The molecule has 0 aliphatic rings. The van der Waals surface area contributed by atoms with Crippen LogP contribution in [0.4, 0.5) is 4.79 Å². The van der Waals surface area contributed by atoms with Crippen LogP contribution in [-0.4, -0.2) is 53.3 Å². The van der Waals surface area contributed by atoms with Gasteiger partial charge in [0.15, 0.2) is 0 Å². The molecular formula is C28H30Cl2N2O4. The number of benzene rings is 3. The highest BCUT2D eigenvalue weighted by Gasteiger charge is 2.34. The third-order valence-electron chi connectivity index (χ3n) is 5.58. The lowest BCUT2D eigenvalue weighted by Gasteiger charge is -2.34. The maximum Gasteiger partial charge on any atom is 0.411 e. The standard InChI is InChI=1S/C28H30Cl2N2O4/c1-28(2,3)36-27(35)32(13-14-33)25(17-19-9-11-21-7-5-6-8-22(21)15-19)26(34)31(4)18-20-10-12-23(29)24(30)16-20/h5-12,14-16,25H,13,17-18H2,1-4H3/t25-/m0/s1. The molecule has 3 aromatic carbocycles. The first kappa shape index (κ1) is 27.5. The average molecular weight is 529 g/mol. The molecule has 3 rings (SSSR count). The first-order chi connectivity index (χ1) is 17.0. The number of carbonyl (C=O) groups is 3. The van der Waals surface area contributed by atoms with Crippen LogP contribution in [0.15, 0.2) is 60.7 Å². The molecule has 0 radical (unpaired) electrons. The van der Waals surface area contributed by atoms with Crippen LogP contribution in [0.2, 0.25) is 10.0 Å². The van der Waals surface area contributed by atoms with Crippen molar-refractivity contribution >= 4 is 52.3 Å². The normalized spacial score (nSPS) is 12.2. The third kappa shape index (κ3) is 7.21. The molecule has 0 bridgehead atoms. The highest BCUT2D eigenvalue weighted by atomic mass is 35.5. The van der Waals surface area contributed by atoms with Crippen molar-refractivity contribution in [3.63, 3.8) is 0 Å². The molecule has 0 spiro atoms. The fourth-order valence-electron chi connectivity index (χ4n) is 3.89. The summed E-state index contributed by atoms with van der Waals surface area (Å²) in [6, 6.07) is 18.0. The quantitative estimate of drug-likeness (QED) is 0.328. The second-order valence-corrected chi connectivity index (χ2v) is 10.5. The highest BCUT2D eigenvalue weighted by Crippen LogP contribution is 2.24. The summed E-state index contributed by atoms with van der Waals surface area (Å²) >= 11 is 12.2. The van der Waals surface area contributed by atoms with Crippen molar-refractivity contribution in [2.24, 2.45) is 0 Å². The van der Waals surface area contributed by atoms with E-state index < -0.39 is 17.7 Å². The molecule has 0 saturated heterocycles. The van der Waals surface area contributed by atoms with E-state index in [0.29, 0.717) is 16.3 Å². The summed E-state index contributed by atoms with van der Waals surface area (Å²) in [7, 11) is 1.65. The van der Waals surface area contributed by atoms with E-state index in [2.05, 4.69) is 0 Å². The summed E-state index contributed by atoms with van der Waals surface area (Å²) in [6.07, 6.45) is 0.0862. The second-order valence-electron chi connectivity index (χ2n) is 9.64. The maximum absolute atomic E-state index is 13.8. The van der Waals surface area contributed by atoms with Crippen LogP contribution in [0, 0.1) is 0 Å². The van der Waals surface area contributed by atoms with Gasteiger partial charge in [0, 0.05) is 20.0 Å². The van der Waals surface area contributed by atoms with E-state index in [9.17, 15) is 14.4 Å². The minimum Gasteiger partial charge on any atom is -0.444 e. The molecule has 190 valence electrons. The van der Waals surface area contributed by atoms with E-state index in [-0.39, 0.29) is 25.4 Å². The topological polar surface area (TPSA) is 66.9 Å². The molecule has 8 heteroatoms. The van der Waals surface area contributed by atoms with Crippen LogP contribution in [0.5, 0.6) is 0 Å². The first-order valence-corrected chi connectivity index (χ1v) is 12.3. The van der Waals surface area contributed by atoms with Gasteiger partial charge in [0.1, 0.15) is 17.9 Å². The van der Waals surface area contributed by atoms with Gasteiger partial charge in [-0.25, -0.2) is 4.79 Å². The van der Waals surface area contributed by atoms with Gasteiger partial charge in [0.05, 0.1) is 16.6 Å². The fourth-order valence-corrected chi connectivity index (χ4v) is 4.21. The zero-order valence-electron chi connectivity index (χ0n) is 20.8. The van der Waals surface area contributed by atoms with Crippen molar-refractivity contribution in [3.05, 3.63) is 81.8 Å². The lowest BCUT2D eigenvalue weighted by Crippen LogP contribution is -2.52. The number of fused-ring (bicyclic) bond motifs is 1. The van der Waals surface area contributed by atoms with E-state index in [1.807, 2.05) is 42.5 Å². The van der Waals surface area contributed by atoms with Gasteiger partial charge in [-0.15, -0.1) is 0 Å². The second kappa shape index (κ2) is 11.8. The van der Waals surface area contributed by atoms with Gasteiger partial charge in [0.25, 0.3) is 0 Å². The predicted molar refractivity (Wildman–Crippen MR) is 143 cm³/mol. The van der Waals surface area contributed by atoms with Crippen LogP contribution in [0.25, 0.3) is 10.8 Å². The number of likely N-dealkylation sites (N-methyl/N-ethyl adjacent to an activating group) is 1. The summed E-state index contributed by atoms with van der Waals surface area (Å²) < 4.78 is 5.54. The van der Waals surface area contributed by atoms with Crippen LogP contribution >= 0.6 is 23.2 Å². The molecule has 0 unspecified atom stereocenters. The molecular weight excluding hydrogens is 499 g/mol. The fraction of sp³-hybridized carbons (Fsp3) is 0.321. The maximum atomic E-state index is 13.8. The summed E-state index contributed by atoms with van der Waals surface area (Å²) in [4.78, 5) is 41.1. The Morgan fingerprint density at radius 1 is 0.944 bits per heavy atom. The molecule has 36 heavy (non-hydrogen) atoms. The Balaban J connectivity index is 1.95. The zero-order chi connectivity index (χ0) is 26.5. The van der Waals surface area contributed by atoms with E-state index in [4.69, 9.17) is 27.9 Å². The van der Waals surface area contributed by atoms with Gasteiger partial charge in [-0.3, -0.25) is 9.69 Å². The molecule has 0 heterocycles. The van der Waals surface area contributed by atoms with Crippen LogP contribution in [-0.2, 0) is 27.3 Å². The highest BCUT2D eigenvalue weighted by molar-refractivity contribution is 6.42. The van der Waals surface area contributed by atoms with Gasteiger partial charge in [-0.2, -0.15) is 0 Å².